The number of halogens is 1. The molecule has 80 valence electrons. The van der Waals surface area contributed by atoms with Gasteiger partial charge in [-0.05, 0) is 11.8 Å². The Kier molecular flexibility index (Phi) is 3.76. The zero-order valence-electron chi connectivity index (χ0n) is 9.42. The summed E-state index contributed by atoms with van der Waals surface area (Å²) < 4.78 is 2.09. The van der Waals surface area contributed by atoms with Crippen molar-refractivity contribution in [2.45, 2.75) is 38.4 Å². The van der Waals surface area contributed by atoms with Gasteiger partial charge in [0.05, 0.1) is 0 Å². The molecule has 0 aliphatic carbocycles. The van der Waals surface area contributed by atoms with E-state index in [4.69, 9.17) is 0 Å². The Morgan fingerprint density at radius 1 is 1.50 bits per heavy atom. The highest BCUT2D eigenvalue weighted by Gasteiger charge is 2.21. The lowest BCUT2D eigenvalue weighted by atomic mass is 9.89. The van der Waals surface area contributed by atoms with Crippen LogP contribution in [0.2, 0.25) is 0 Å². The second kappa shape index (κ2) is 4.47. The number of rotatable bonds is 3. The van der Waals surface area contributed by atoms with E-state index < -0.39 is 0 Å². The first kappa shape index (κ1) is 11.8. The number of hydrogen-bond acceptors (Lipinski definition) is 1. The molecule has 0 saturated heterocycles. The Morgan fingerprint density at radius 2 is 2.14 bits per heavy atom. The van der Waals surface area contributed by atoms with Crippen LogP contribution in [0.15, 0.2) is 12.4 Å². The molecule has 0 bridgehead atoms. The summed E-state index contributed by atoms with van der Waals surface area (Å²) in [5, 5.41) is 0. The molecule has 0 aromatic carbocycles. The van der Waals surface area contributed by atoms with Gasteiger partial charge in [0.2, 0.25) is 0 Å². The minimum absolute atomic E-state index is 0.325. The molecule has 0 N–H and O–H groups in total. The molecule has 1 unspecified atom stereocenters. The summed E-state index contributed by atoms with van der Waals surface area (Å²) in [6.07, 6.45) is 6.02. The SMILES string of the molecule is Cn1ccnc1CCC(Br)C(C)(C)C. The minimum atomic E-state index is 0.325. The van der Waals surface area contributed by atoms with Gasteiger partial charge in [0.25, 0.3) is 0 Å². The first-order chi connectivity index (χ1) is 6.41. The highest BCUT2D eigenvalue weighted by Crippen LogP contribution is 2.29. The minimum Gasteiger partial charge on any atom is -0.338 e. The van der Waals surface area contributed by atoms with Crippen LogP contribution in [0.4, 0.5) is 0 Å². The van der Waals surface area contributed by atoms with E-state index in [0.717, 1.165) is 12.8 Å². The Balaban J connectivity index is 2.46. The fraction of sp³-hybridized carbons (Fsp3) is 0.727. The lowest BCUT2D eigenvalue weighted by Crippen LogP contribution is -2.21. The van der Waals surface area contributed by atoms with Crippen molar-refractivity contribution < 1.29 is 0 Å². The van der Waals surface area contributed by atoms with Crippen molar-refractivity contribution >= 4 is 15.9 Å². The third-order valence-electron chi connectivity index (χ3n) is 2.48. The van der Waals surface area contributed by atoms with Gasteiger partial charge in [-0.25, -0.2) is 4.98 Å². The maximum Gasteiger partial charge on any atom is 0.108 e. The van der Waals surface area contributed by atoms with E-state index in [1.54, 1.807) is 0 Å². The molecule has 1 aromatic rings. The van der Waals surface area contributed by atoms with Gasteiger partial charge >= 0.3 is 0 Å². The number of nitrogens with zero attached hydrogens (tertiary/aromatic N) is 2. The molecule has 1 rings (SSSR count). The third-order valence-corrected chi connectivity index (χ3v) is 4.31. The summed E-state index contributed by atoms with van der Waals surface area (Å²) in [6.45, 7) is 6.76. The third kappa shape index (κ3) is 3.12. The van der Waals surface area contributed by atoms with E-state index in [1.165, 1.54) is 5.82 Å². The first-order valence-electron chi connectivity index (χ1n) is 5.01. The van der Waals surface area contributed by atoms with E-state index in [0.29, 0.717) is 10.2 Å². The molecule has 0 spiro atoms. The quantitative estimate of drug-likeness (QED) is 0.762. The molecule has 0 saturated carbocycles. The number of hydrogen-bond donors (Lipinski definition) is 0. The number of imidazole rings is 1. The molecule has 1 aromatic heterocycles. The fourth-order valence-electron chi connectivity index (χ4n) is 1.33. The van der Waals surface area contributed by atoms with Crippen LogP contribution >= 0.6 is 15.9 Å². The van der Waals surface area contributed by atoms with Gasteiger partial charge in [-0.2, -0.15) is 0 Å². The van der Waals surface area contributed by atoms with Crippen molar-refractivity contribution in [2.75, 3.05) is 0 Å². The summed E-state index contributed by atoms with van der Waals surface area (Å²) in [4.78, 5) is 4.86. The van der Waals surface area contributed by atoms with Crippen LogP contribution in [-0.2, 0) is 13.5 Å². The lowest BCUT2D eigenvalue weighted by Gasteiger charge is -2.25. The average Bonchev–Trinajstić information content (AvgIpc) is 2.45. The Hall–Kier alpha value is -0.310. The van der Waals surface area contributed by atoms with Gasteiger partial charge in [-0.3, -0.25) is 0 Å². The monoisotopic (exact) mass is 258 g/mol. The van der Waals surface area contributed by atoms with Crippen molar-refractivity contribution in [1.82, 2.24) is 9.55 Å². The second-order valence-electron chi connectivity index (χ2n) is 4.83. The standard InChI is InChI=1S/C11H19BrN2/c1-11(2,3)9(12)5-6-10-13-7-8-14(10)4/h7-9H,5-6H2,1-4H3. The van der Waals surface area contributed by atoms with Gasteiger partial charge in [-0.15, -0.1) is 0 Å². The van der Waals surface area contributed by atoms with E-state index in [9.17, 15) is 0 Å². The summed E-state index contributed by atoms with van der Waals surface area (Å²) >= 11 is 3.73. The molecule has 0 amide bonds. The average molecular weight is 259 g/mol. The zero-order valence-corrected chi connectivity index (χ0v) is 11.0. The van der Waals surface area contributed by atoms with Crippen LogP contribution < -0.4 is 0 Å². The largest absolute Gasteiger partial charge is 0.338 e. The molecule has 1 heterocycles. The molecule has 0 aliphatic rings. The van der Waals surface area contributed by atoms with E-state index in [-0.39, 0.29) is 0 Å². The molecule has 3 heteroatoms. The maximum atomic E-state index is 4.31. The second-order valence-corrected chi connectivity index (χ2v) is 5.93. The van der Waals surface area contributed by atoms with Crippen LogP contribution in [-0.4, -0.2) is 14.4 Å². The van der Waals surface area contributed by atoms with Gasteiger partial charge in [0.15, 0.2) is 0 Å². The molecule has 0 aliphatic heterocycles. The van der Waals surface area contributed by atoms with Crippen molar-refractivity contribution in [1.29, 1.82) is 0 Å². The van der Waals surface area contributed by atoms with Crippen LogP contribution in [0.5, 0.6) is 0 Å². The smallest absolute Gasteiger partial charge is 0.108 e. The van der Waals surface area contributed by atoms with Gasteiger partial charge in [0.1, 0.15) is 5.82 Å². The van der Waals surface area contributed by atoms with E-state index in [2.05, 4.69) is 46.3 Å². The molecular weight excluding hydrogens is 240 g/mol. The van der Waals surface area contributed by atoms with Crippen molar-refractivity contribution in [3.8, 4) is 0 Å². The van der Waals surface area contributed by atoms with Gasteiger partial charge in [0, 0.05) is 30.7 Å². The van der Waals surface area contributed by atoms with Crippen LogP contribution in [0.25, 0.3) is 0 Å². The predicted molar refractivity (Wildman–Crippen MR) is 63.7 cm³/mol. The van der Waals surface area contributed by atoms with Crippen LogP contribution in [0.1, 0.15) is 33.0 Å². The summed E-state index contributed by atoms with van der Waals surface area (Å²) in [6, 6.07) is 0. The van der Waals surface area contributed by atoms with E-state index >= 15 is 0 Å². The van der Waals surface area contributed by atoms with Crippen LogP contribution in [0.3, 0.4) is 0 Å². The number of alkyl halides is 1. The Labute approximate surface area is 94.9 Å². The molecule has 14 heavy (non-hydrogen) atoms. The molecule has 2 nitrogen and oxygen atoms in total. The van der Waals surface area contributed by atoms with Crippen molar-refractivity contribution in [3.63, 3.8) is 0 Å². The number of aromatic nitrogens is 2. The maximum absolute atomic E-state index is 4.31. The Morgan fingerprint density at radius 3 is 2.57 bits per heavy atom. The van der Waals surface area contributed by atoms with Crippen molar-refractivity contribution in [3.05, 3.63) is 18.2 Å². The van der Waals surface area contributed by atoms with Crippen molar-refractivity contribution in [2.24, 2.45) is 12.5 Å². The highest BCUT2D eigenvalue weighted by atomic mass is 79.9. The summed E-state index contributed by atoms with van der Waals surface area (Å²) in [5.74, 6) is 1.17. The van der Waals surface area contributed by atoms with E-state index in [1.807, 2.05) is 19.4 Å². The van der Waals surface area contributed by atoms with Gasteiger partial charge in [-0.1, -0.05) is 36.7 Å². The zero-order chi connectivity index (χ0) is 10.8. The summed E-state index contributed by atoms with van der Waals surface area (Å²) in [5.41, 5.74) is 0.325. The fourth-order valence-corrected chi connectivity index (χ4v) is 1.56. The predicted octanol–water partition coefficient (Wildman–Crippen LogP) is 3.16. The number of aryl methyl sites for hydroxylation is 2. The Bertz CT molecular complexity index is 286. The molecular formula is C11H19BrN2. The topological polar surface area (TPSA) is 17.8 Å². The van der Waals surface area contributed by atoms with Crippen LogP contribution in [0, 0.1) is 5.41 Å². The van der Waals surface area contributed by atoms with Gasteiger partial charge < -0.3 is 4.57 Å². The molecule has 0 fully saturated rings. The summed E-state index contributed by atoms with van der Waals surface area (Å²) in [7, 11) is 2.04. The first-order valence-corrected chi connectivity index (χ1v) is 5.93. The molecule has 1 atom stereocenters. The highest BCUT2D eigenvalue weighted by molar-refractivity contribution is 9.09. The normalized spacial score (nSPS) is 14.4. The lowest BCUT2D eigenvalue weighted by molar-refractivity contribution is 0.383. The molecule has 0 radical (unpaired) electrons.